The number of nitrogens with zero attached hydrogens (tertiary/aromatic N) is 1. The molecular weight excluding hydrogens is 146 g/mol. The van der Waals surface area contributed by atoms with E-state index in [1.807, 2.05) is 26.1 Å². The smallest absolute Gasteiger partial charge is 0.0432 e. The summed E-state index contributed by atoms with van der Waals surface area (Å²) < 4.78 is 0. The van der Waals surface area contributed by atoms with Crippen LogP contribution in [-0.2, 0) is 6.42 Å². The minimum atomic E-state index is 1.10. The molecule has 1 rings (SSSR count). The van der Waals surface area contributed by atoms with E-state index in [9.17, 15) is 0 Å². The van der Waals surface area contributed by atoms with Crippen molar-refractivity contribution in [2.24, 2.45) is 0 Å². The van der Waals surface area contributed by atoms with Gasteiger partial charge in [0, 0.05) is 11.9 Å². The predicted octanol–water partition coefficient (Wildman–Crippen LogP) is 3.37. The molecule has 12 heavy (non-hydrogen) atoms. The number of hydrogen-bond acceptors (Lipinski definition) is 1. The van der Waals surface area contributed by atoms with Crippen LogP contribution in [0.2, 0.25) is 0 Å². The van der Waals surface area contributed by atoms with Crippen LogP contribution in [0.25, 0.3) is 0 Å². The first-order chi connectivity index (χ1) is 5.84. The van der Waals surface area contributed by atoms with Crippen molar-refractivity contribution in [2.75, 3.05) is 0 Å². The van der Waals surface area contributed by atoms with E-state index in [1.165, 1.54) is 17.7 Å². The molecule has 1 heteroatoms. The van der Waals surface area contributed by atoms with Crippen molar-refractivity contribution in [2.45, 2.75) is 40.5 Å². The van der Waals surface area contributed by atoms with Crippen LogP contribution >= 0.6 is 0 Å². The lowest BCUT2D eigenvalue weighted by Gasteiger charge is -1.99. The average molecular weight is 165 g/mol. The molecule has 0 aliphatic carbocycles. The van der Waals surface area contributed by atoms with Crippen molar-refractivity contribution >= 4 is 0 Å². The Hall–Kier alpha value is -0.850. The summed E-state index contributed by atoms with van der Waals surface area (Å²) in [6.07, 6.45) is 4.14. The van der Waals surface area contributed by atoms with E-state index in [0.717, 1.165) is 6.42 Å². The molecule has 0 bridgehead atoms. The summed E-state index contributed by atoms with van der Waals surface area (Å²) in [4.78, 5) is 4.27. The third kappa shape index (κ3) is 3.51. The van der Waals surface area contributed by atoms with Gasteiger partial charge in [0.1, 0.15) is 0 Å². The minimum absolute atomic E-state index is 1.10. The van der Waals surface area contributed by atoms with E-state index in [-0.39, 0.29) is 0 Å². The molecule has 0 aliphatic heterocycles. The van der Waals surface area contributed by atoms with Gasteiger partial charge in [0.25, 0.3) is 0 Å². The van der Waals surface area contributed by atoms with Gasteiger partial charge in [-0.1, -0.05) is 33.3 Å². The van der Waals surface area contributed by atoms with E-state index in [0.29, 0.717) is 0 Å². The molecule has 0 aliphatic rings. The van der Waals surface area contributed by atoms with Crippen molar-refractivity contribution in [3.05, 3.63) is 29.6 Å². The predicted molar refractivity (Wildman–Crippen MR) is 54.3 cm³/mol. The topological polar surface area (TPSA) is 12.9 Å². The van der Waals surface area contributed by atoms with Gasteiger partial charge >= 0.3 is 0 Å². The van der Waals surface area contributed by atoms with Crippen molar-refractivity contribution in [3.8, 4) is 0 Å². The molecule has 0 amide bonds. The van der Waals surface area contributed by atoms with E-state index in [4.69, 9.17) is 0 Å². The number of aromatic nitrogens is 1. The van der Waals surface area contributed by atoms with Gasteiger partial charge in [-0.3, -0.25) is 4.98 Å². The molecule has 0 atom stereocenters. The summed E-state index contributed by atoms with van der Waals surface area (Å²) in [5.41, 5.74) is 2.55. The Balaban J connectivity index is 0.000000561. The Kier molecular flexibility index (Phi) is 6.35. The number of aryl methyl sites for hydroxylation is 2. The standard InChI is InChI=1S/C9H13N.C2H6/c1-3-5-9-8(2)6-4-7-10-9;1-2/h4,6-7H,3,5H2,1-2H3;1-2H3. The van der Waals surface area contributed by atoms with Crippen molar-refractivity contribution in [1.82, 2.24) is 4.98 Å². The zero-order chi connectivity index (χ0) is 9.40. The monoisotopic (exact) mass is 165 g/mol. The van der Waals surface area contributed by atoms with Crippen LogP contribution in [-0.4, -0.2) is 4.98 Å². The van der Waals surface area contributed by atoms with E-state index < -0.39 is 0 Å². The number of rotatable bonds is 2. The van der Waals surface area contributed by atoms with Gasteiger partial charge in [0.05, 0.1) is 0 Å². The zero-order valence-corrected chi connectivity index (χ0v) is 8.59. The first-order valence-corrected chi connectivity index (χ1v) is 4.75. The lowest BCUT2D eigenvalue weighted by molar-refractivity contribution is 0.871. The lowest BCUT2D eigenvalue weighted by atomic mass is 10.1. The first kappa shape index (κ1) is 11.2. The second kappa shape index (κ2) is 6.84. The quantitative estimate of drug-likeness (QED) is 0.654. The second-order valence-electron chi connectivity index (χ2n) is 2.52. The fraction of sp³-hybridized carbons (Fsp3) is 0.545. The molecular formula is C11H19N. The van der Waals surface area contributed by atoms with E-state index in [2.05, 4.69) is 24.9 Å². The Morgan fingerprint density at radius 1 is 1.33 bits per heavy atom. The van der Waals surface area contributed by atoms with E-state index in [1.54, 1.807) is 0 Å². The zero-order valence-electron chi connectivity index (χ0n) is 8.59. The Labute approximate surface area is 75.8 Å². The Morgan fingerprint density at radius 3 is 2.50 bits per heavy atom. The highest BCUT2D eigenvalue weighted by Gasteiger charge is 1.94. The summed E-state index contributed by atoms with van der Waals surface area (Å²) >= 11 is 0. The third-order valence-electron chi connectivity index (χ3n) is 1.60. The average Bonchev–Trinajstić information content (AvgIpc) is 2.13. The lowest BCUT2D eigenvalue weighted by Crippen LogP contribution is -1.91. The minimum Gasteiger partial charge on any atom is -0.261 e. The molecule has 68 valence electrons. The molecule has 0 saturated heterocycles. The fourth-order valence-electron chi connectivity index (χ4n) is 1.02. The van der Waals surface area contributed by atoms with Crippen LogP contribution in [0.3, 0.4) is 0 Å². The molecule has 0 fully saturated rings. The third-order valence-corrected chi connectivity index (χ3v) is 1.60. The Morgan fingerprint density at radius 2 is 2.00 bits per heavy atom. The molecule has 0 radical (unpaired) electrons. The van der Waals surface area contributed by atoms with Crippen LogP contribution < -0.4 is 0 Å². The molecule has 0 saturated carbocycles. The van der Waals surface area contributed by atoms with Crippen molar-refractivity contribution < 1.29 is 0 Å². The van der Waals surface area contributed by atoms with Gasteiger partial charge in [0.15, 0.2) is 0 Å². The summed E-state index contributed by atoms with van der Waals surface area (Å²) in [5.74, 6) is 0. The maximum absolute atomic E-state index is 4.27. The van der Waals surface area contributed by atoms with Crippen molar-refractivity contribution in [1.29, 1.82) is 0 Å². The molecule has 0 spiro atoms. The van der Waals surface area contributed by atoms with Crippen LogP contribution in [0.1, 0.15) is 38.4 Å². The maximum atomic E-state index is 4.27. The first-order valence-electron chi connectivity index (χ1n) is 4.75. The van der Waals surface area contributed by atoms with E-state index >= 15 is 0 Å². The Bertz CT molecular complexity index is 206. The van der Waals surface area contributed by atoms with Gasteiger partial charge in [-0.05, 0) is 25.0 Å². The summed E-state index contributed by atoms with van der Waals surface area (Å²) in [6.45, 7) is 8.28. The molecule has 1 heterocycles. The van der Waals surface area contributed by atoms with Crippen LogP contribution in [0.5, 0.6) is 0 Å². The van der Waals surface area contributed by atoms with Gasteiger partial charge in [-0.2, -0.15) is 0 Å². The van der Waals surface area contributed by atoms with Crippen LogP contribution in [0.4, 0.5) is 0 Å². The van der Waals surface area contributed by atoms with Crippen LogP contribution in [0, 0.1) is 6.92 Å². The van der Waals surface area contributed by atoms with Gasteiger partial charge in [-0.15, -0.1) is 0 Å². The number of pyridine rings is 1. The maximum Gasteiger partial charge on any atom is 0.0432 e. The highest BCUT2D eigenvalue weighted by atomic mass is 14.7. The molecule has 0 aromatic carbocycles. The normalized spacial score (nSPS) is 8.67. The molecule has 0 N–H and O–H groups in total. The highest BCUT2D eigenvalue weighted by molar-refractivity contribution is 5.17. The summed E-state index contributed by atoms with van der Waals surface area (Å²) in [5, 5.41) is 0. The van der Waals surface area contributed by atoms with Gasteiger partial charge in [-0.25, -0.2) is 0 Å². The van der Waals surface area contributed by atoms with Gasteiger partial charge in [0.2, 0.25) is 0 Å². The summed E-state index contributed by atoms with van der Waals surface area (Å²) in [6, 6.07) is 4.09. The molecule has 1 aromatic heterocycles. The summed E-state index contributed by atoms with van der Waals surface area (Å²) in [7, 11) is 0. The SMILES string of the molecule is CC.CCCc1ncccc1C. The molecule has 1 nitrogen and oxygen atoms in total. The second-order valence-corrected chi connectivity index (χ2v) is 2.52. The fourth-order valence-corrected chi connectivity index (χ4v) is 1.02. The number of hydrogen-bond donors (Lipinski definition) is 0. The van der Waals surface area contributed by atoms with Crippen LogP contribution in [0.15, 0.2) is 18.3 Å². The molecule has 0 unspecified atom stereocenters. The van der Waals surface area contributed by atoms with Gasteiger partial charge < -0.3 is 0 Å². The molecule has 1 aromatic rings. The highest BCUT2D eigenvalue weighted by Crippen LogP contribution is 2.04. The van der Waals surface area contributed by atoms with Crippen molar-refractivity contribution in [3.63, 3.8) is 0 Å². The largest absolute Gasteiger partial charge is 0.261 e.